The first kappa shape index (κ1) is 15.1. The molecule has 2 rings (SSSR count). The van der Waals surface area contributed by atoms with Crippen LogP contribution in [0.1, 0.15) is 10.6 Å². The van der Waals surface area contributed by atoms with Gasteiger partial charge in [-0.2, -0.15) is 0 Å². The van der Waals surface area contributed by atoms with E-state index < -0.39 is 20.4 Å². The van der Waals surface area contributed by atoms with E-state index in [0.29, 0.717) is 12.4 Å². The topological polar surface area (TPSA) is 48.6 Å². The van der Waals surface area contributed by atoms with E-state index in [-0.39, 0.29) is 12.5 Å². The van der Waals surface area contributed by atoms with Crippen LogP contribution in [0.4, 0.5) is 0 Å². The number of nitrogens with zero attached hydrogens (tertiary/aromatic N) is 1. The monoisotopic (exact) mass is 394 g/mol. The Morgan fingerprint density at radius 2 is 1.90 bits per heavy atom. The van der Waals surface area contributed by atoms with Gasteiger partial charge in [0.2, 0.25) is 0 Å². The molecular weight excluding hydrogens is 374 g/mol. The summed E-state index contributed by atoms with van der Waals surface area (Å²) in [6, 6.07) is 3.96. The molecule has 5 nitrogen and oxygen atoms in total. The molecule has 108 valence electrons. The summed E-state index contributed by atoms with van der Waals surface area (Å²) < 4.78 is 20.2. The Kier molecular flexibility index (Phi) is 4.90. The first-order valence-electron chi connectivity index (χ1n) is 6.31. The predicted octanol–water partition coefficient (Wildman–Crippen LogP) is 1.07. The fraction of sp³-hybridized carbons (Fsp3) is 0.429. The summed E-state index contributed by atoms with van der Waals surface area (Å²) >= 11 is -0.457. The second-order valence-electron chi connectivity index (χ2n) is 4.19. The summed E-state index contributed by atoms with van der Waals surface area (Å²) in [7, 11) is 3.24. The number of ether oxygens (including phenoxy) is 3. The van der Waals surface area contributed by atoms with Crippen LogP contribution in [0.3, 0.4) is 0 Å². The summed E-state index contributed by atoms with van der Waals surface area (Å²) in [5.74, 6) is 1.21. The van der Waals surface area contributed by atoms with Gasteiger partial charge < -0.3 is 0 Å². The number of methoxy groups -OCH3 is 2. The molecule has 0 atom stereocenters. The summed E-state index contributed by atoms with van der Waals surface area (Å²) in [5, 5.41) is 0. The molecule has 0 amide bonds. The van der Waals surface area contributed by atoms with Gasteiger partial charge in [0.1, 0.15) is 0 Å². The van der Waals surface area contributed by atoms with E-state index in [1.54, 1.807) is 14.2 Å². The van der Waals surface area contributed by atoms with Gasteiger partial charge in [-0.1, -0.05) is 0 Å². The fourth-order valence-corrected chi connectivity index (χ4v) is 5.00. The third-order valence-electron chi connectivity index (χ3n) is 2.99. The molecule has 0 spiro atoms. The molecule has 0 radical (unpaired) electrons. The summed E-state index contributed by atoms with van der Waals surface area (Å²) in [6.45, 7) is 4.54. The normalized spacial score (nSPS) is 10.6. The predicted molar refractivity (Wildman–Crippen MR) is 75.6 cm³/mol. The van der Waals surface area contributed by atoms with Gasteiger partial charge in [-0.05, 0) is 0 Å². The van der Waals surface area contributed by atoms with Crippen LogP contribution >= 0.6 is 0 Å². The van der Waals surface area contributed by atoms with Gasteiger partial charge >= 0.3 is 127 Å². The number of aryl methyl sites for hydroxylation is 1. The molecule has 1 aromatic heterocycles. The molecule has 0 bridgehead atoms. The molecule has 1 aromatic carbocycles. The average Bonchev–Trinajstić information content (AvgIpc) is 2.73. The zero-order valence-electron chi connectivity index (χ0n) is 12.1. The molecule has 0 N–H and O–H groups in total. The maximum absolute atomic E-state index is 11.7. The number of hydrogen-bond donors (Lipinski definition) is 0. The molecule has 2 aromatic rings. The SMILES string of the molecule is CCOC(=O)C[n+]1c(C)[te]c2cc(OC)c(OC)cc21. The minimum atomic E-state index is -0.457. The third kappa shape index (κ3) is 2.92. The van der Waals surface area contributed by atoms with Gasteiger partial charge in [0.05, 0.1) is 0 Å². The van der Waals surface area contributed by atoms with Crippen molar-refractivity contribution in [1.82, 2.24) is 0 Å². The molecule has 0 saturated heterocycles. The first-order chi connectivity index (χ1) is 9.60. The van der Waals surface area contributed by atoms with Crippen LogP contribution in [-0.2, 0) is 16.1 Å². The van der Waals surface area contributed by atoms with Gasteiger partial charge in [0.25, 0.3) is 0 Å². The van der Waals surface area contributed by atoms with Crippen molar-refractivity contribution in [2.75, 3.05) is 20.8 Å². The summed E-state index contributed by atoms with van der Waals surface area (Å²) in [4.78, 5) is 11.7. The van der Waals surface area contributed by atoms with E-state index in [0.717, 1.165) is 11.3 Å². The van der Waals surface area contributed by atoms with Crippen molar-refractivity contribution in [1.29, 1.82) is 0 Å². The minimum absolute atomic E-state index is 0.207. The van der Waals surface area contributed by atoms with Crippen molar-refractivity contribution in [2.24, 2.45) is 0 Å². The van der Waals surface area contributed by atoms with Crippen molar-refractivity contribution in [3.8, 4) is 11.5 Å². The number of carbonyl (C=O) groups is 1. The van der Waals surface area contributed by atoms with Crippen molar-refractivity contribution in [3.63, 3.8) is 0 Å². The Morgan fingerprint density at radius 1 is 1.25 bits per heavy atom. The van der Waals surface area contributed by atoms with Crippen molar-refractivity contribution >= 4 is 35.3 Å². The van der Waals surface area contributed by atoms with Crippen LogP contribution in [0.2, 0.25) is 0 Å². The second-order valence-corrected chi connectivity index (χ2v) is 7.71. The van der Waals surface area contributed by atoms with Crippen LogP contribution in [0.25, 0.3) is 8.92 Å². The molecule has 1 heterocycles. The Labute approximate surface area is 127 Å². The number of carbonyl (C=O) groups excluding carboxylic acids is 1. The second kappa shape index (κ2) is 6.47. The van der Waals surface area contributed by atoms with E-state index in [1.165, 1.54) is 7.11 Å². The molecule has 20 heavy (non-hydrogen) atoms. The van der Waals surface area contributed by atoms with Crippen LogP contribution in [0, 0.1) is 6.92 Å². The molecule has 0 aliphatic heterocycles. The van der Waals surface area contributed by atoms with Crippen LogP contribution < -0.4 is 14.0 Å². The fourth-order valence-electron chi connectivity index (χ4n) is 2.06. The summed E-state index contributed by atoms with van der Waals surface area (Å²) in [6.07, 6.45) is 0. The van der Waals surface area contributed by atoms with E-state index >= 15 is 0 Å². The Bertz CT molecular complexity index is 636. The quantitative estimate of drug-likeness (QED) is 0.434. The number of benzene rings is 1. The zero-order chi connectivity index (χ0) is 14.7. The van der Waals surface area contributed by atoms with E-state index in [9.17, 15) is 4.79 Å². The van der Waals surface area contributed by atoms with Crippen LogP contribution in [0.5, 0.6) is 11.5 Å². The molecule has 0 fully saturated rings. The van der Waals surface area contributed by atoms with Gasteiger partial charge in [-0.3, -0.25) is 0 Å². The van der Waals surface area contributed by atoms with Crippen LogP contribution in [0.15, 0.2) is 12.1 Å². The van der Waals surface area contributed by atoms with E-state index in [4.69, 9.17) is 14.2 Å². The van der Waals surface area contributed by atoms with Gasteiger partial charge in [0.15, 0.2) is 0 Å². The maximum atomic E-state index is 11.7. The van der Waals surface area contributed by atoms with Gasteiger partial charge in [-0.25, -0.2) is 0 Å². The number of esters is 1. The van der Waals surface area contributed by atoms with Crippen LogP contribution in [-0.4, -0.2) is 47.2 Å². The Balaban J connectivity index is 2.49. The Morgan fingerprint density at radius 3 is 2.50 bits per heavy atom. The molecular formula is C14H18NO4Te+. The number of rotatable bonds is 5. The molecule has 0 saturated carbocycles. The van der Waals surface area contributed by atoms with E-state index in [1.807, 2.05) is 23.6 Å². The van der Waals surface area contributed by atoms with E-state index in [2.05, 4.69) is 6.92 Å². The Hall–Kier alpha value is -1.25. The summed E-state index contributed by atoms with van der Waals surface area (Å²) in [5.41, 5.74) is 1.04. The third-order valence-corrected chi connectivity index (χ3v) is 6.02. The zero-order valence-corrected chi connectivity index (χ0v) is 14.4. The molecule has 0 aliphatic rings. The standard InChI is InChI=1S/C14H18NO4Te/c1-5-19-14(16)8-15-9(2)20-13-7-12(18-4)11(17-3)6-10(13)15/h6-7H,5,8H2,1-4H3/q+1. The van der Waals surface area contributed by atoms with Crippen molar-refractivity contribution in [3.05, 3.63) is 15.8 Å². The van der Waals surface area contributed by atoms with Gasteiger partial charge in [-0.15, -0.1) is 0 Å². The van der Waals surface area contributed by atoms with Gasteiger partial charge in [0, 0.05) is 0 Å². The van der Waals surface area contributed by atoms with Crippen molar-refractivity contribution in [2.45, 2.75) is 20.4 Å². The molecule has 6 heteroatoms. The average molecular weight is 392 g/mol. The van der Waals surface area contributed by atoms with Crippen molar-refractivity contribution < 1.29 is 23.6 Å². The molecule has 0 unspecified atom stereocenters. The first-order valence-corrected chi connectivity index (χ1v) is 8.64. The number of fused-ring (bicyclic) bond motifs is 1. The number of hydrogen-bond acceptors (Lipinski definition) is 4. The molecule has 0 aliphatic carbocycles. The number of aromatic nitrogens is 1.